The van der Waals surface area contributed by atoms with Gasteiger partial charge in [0.2, 0.25) is 0 Å². The summed E-state index contributed by atoms with van der Waals surface area (Å²) in [7, 11) is 0. The van der Waals surface area contributed by atoms with Gasteiger partial charge in [0.1, 0.15) is 66.8 Å². The largest absolute Gasteiger partial charge is 0.480 e. The van der Waals surface area contributed by atoms with Crippen LogP contribution in [0, 0.1) is 0 Å². The summed E-state index contributed by atoms with van der Waals surface area (Å²) >= 11 is 0. The average Bonchev–Trinajstić information content (AvgIpc) is 0.789. The summed E-state index contributed by atoms with van der Waals surface area (Å²) in [6, 6.07) is -6.57. The van der Waals surface area contributed by atoms with Crippen molar-refractivity contribution in [3.63, 3.8) is 0 Å². The van der Waals surface area contributed by atoms with Crippen LogP contribution in [0.25, 0.3) is 0 Å². The van der Waals surface area contributed by atoms with Crippen LogP contribution in [0.1, 0.15) is 272 Å². The summed E-state index contributed by atoms with van der Waals surface area (Å²) in [4.78, 5) is 51.7. The third-order valence-corrected chi connectivity index (χ3v) is 17.3. The number of carboxylic acids is 5. The summed E-state index contributed by atoms with van der Waals surface area (Å²) in [6.45, 7) is 10.4. The Morgan fingerprint density at radius 1 is 0.371 bits per heavy atom. The van der Waals surface area contributed by atoms with Gasteiger partial charge < -0.3 is 127 Å². The number of aliphatic carboxylic acids is 5. The van der Waals surface area contributed by atoms with Gasteiger partial charge in [0.15, 0.2) is 12.6 Å². The molecule has 0 aromatic heterocycles. The number of hydrogen-bond acceptors (Lipinski definition) is 24. The molecule has 2 saturated heterocycles. The molecule has 29 nitrogen and oxygen atoms in total. The first-order valence-corrected chi connectivity index (χ1v) is 36.6. The molecule has 0 spiro atoms. The Labute approximate surface area is 580 Å². The Kier molecular flexibility index (Phi) is 62.9. The van der Waals surface area contributed by atoms with E-state index in [4.69, 9.17) is 102 Å². The van der Waals surface area contributed by atoms with Gasteiger partial charge in [0.05, 0.1) is 30.9 Å². The topological polar surface area (TPSA) is 585 Å². The van der Waals surface area contributed by atoms with E-state index in [-0.39, 0.29) is 19.4 Å². The molecule has 29 heteroatoms. The lowest BCUT2D eigenvalue weighted by Crippen LogP contribution is -2.68. The second kappa shape index (κ2) is 62.4. The van der Waals surface area contributed by atoms with Crippen LogP contribution in [-0.2, 0) is 42.9 Å². The molecule has 0 bridgehead atoms. The average molecular weight is 1400 g/mol. The van der Waals surface area contributed by atoms with Crippen molar-refractivity contribution in [2.75, 3.05) is 13.2 Å². The van der Waals surface area contributed by atoms with E-state index in [9.17, 15) is 49.5 Å². The molecular formula is C68H142N10O19. The SMILES string of the molecule is CCCCCCCCC(N)C(=O)O.CCCCCCCCC(N)C(=O)O.CCCCCCCCC(N)C(=O)O.CCCCCCCCC(N)C(=O)O.CCCCCCCCC(N)C(=O)O.NC[C@H]1O[C@H](O[C@H]2[C@H](O)[C@@H](O[C@H]3O[C@H](CO)[C@@H](O)[C@H](N)[C@H]3O)[C@H](N)C[C@@H]2N)[C@H](N)C[C@@H]1O. The molecule has 578 valence electrons. The number of rotatable bonds is 46. The number of unbranched alkanes of at least 4 members (excludes halogenated alkanes) is 25. The number of hydrogen-bond donors (Lipinski definition) is 20. The van der Waals surface area contributed by atoms with Crippen LogP contribution >= 0.6 is 0 Å². The second-order valence-electron chi connectivity index (χ2n) is 26.3. The van der Waals surface area contributed by atoms with Crippen LogP contribution in [0.3, 0.4) is 0 Å². The summed E-state index contributed by atoms with van der Waals surface area (Å²) in [5.41, 5.74) is 56.6. The number of aliphatic hydroxyl groups is 5. The Bertz CT molecular complexity index is 1730. The van der Waals surface area contributed by atoms with Crippen LogP contribution in [0.4, 0.5) is 0 Å². The van der Waals surface area contributed by atoms with Crippen molar-refractivity contribution < 1.29 is 94.0 Å². The van der Waals surface area contributed by atoms with Crippen LogP contribution in [-0.4, -0.2) is 210 Å². The fourth-order valence-corrected chi connectivity index (χ4v) is 10.8. The predicted octanol–water partition coefficient (Wildman–Crippen LogP) is 4.45. The van der Waals surface area contributed by atoms with Crippen LogP contribution in [0.15, 0.2) is 0 Å². The maximum absolute atomic E-state index is 11.0. The summed E-state index contributed by atoms with van der Waals surface area (Å²) in [5.74, 6) is -4.40. The normalized spacial score (nSPS) is 25.9. The molecule has 2 heterocycles. The highest BCUT2D eigenvalue weighted by Gasteiger charge is 2.50. The lowest BCUT2D eigenvalue weighted by Gasteiger charge is -2.47. The van der Waals surface area contributed by atoms with Crippen LogP contribution < -0.4 is 57.3 Å². The molecule has 3 fully saturated rings. The van der Waals surface area contributed by atoms with Gasteiger partial charge in [-0.15, -0.1) is 0 Å². The zero-order valence-corrected chi connectivity index (χ0v) is 60.0. The predicted molar refractivity (Wildman–Crippen MR) is 376 cm³/mol. The fourth-order valence-electron chi connectivity index (χ4n) is 10.8. The molecular weight excluding hydrogens is 1260 g/mol. The van der Waals surface area contributed by atoms with E-state index in [1.807, 2.05) is 0 Å². The third kappa shape index (κ3) is 49.0. The van der Waals surface area contributed by atoms with E-state index in [0.717, 1.165) is 64.2 Å². The molecule has 1 saturated carbocycles. The van der Waals surface area contributed by atoms with Gasteiger partial charge in [0.25, 0.3) is 0 Å². The molecule has 3 aliphatic rings. The maximum Gasteiger partial charge on any atom is 0.320 e. The second-order valence-corrected chi connectivity index (χ2v) is 26.3. The molecule has 97 heavy (non-hydrogen) atoms. The molecule has 3 rings (SSSR count). The van der Waals surface area contributed by atoms with Gasteiger partial charge in [-0.25, -0.2) is 0 Å². The van der Waals surface area contributed by atoms with Crippen molar-refractivity contribution in [3.05, 3.63) is 0 Å². The van der Waals surface area contributed by atoms with Gasteiger partial charge in [-0.2, -0.15) is 0 Å². The van der Waals surface area contributed by atoms with E-state index in [1.165, 1.54) is 128 Å². The van der Waals surface area contributed by atoms with E-state index in [2.05, 4.69) is 34.6 Å². The summed E-state index contributed by atoms with van der Waals surface area (Å²) in [6.07, 6.45) is 27.6. The zero-order chi connectivity index (χ0) is 74.3. The quantitative estimate of drug-likeness (QED) is 0.0374. The molecule has 0 radical (unpaired) electrons. The first-order chi connectivity index (χ1) is 46.0. The molecule has 5 unspecified atom stereocenters. The monoisotopic (exact) mass is 1400 g/mol. The lowest BCUT2D eigenvalue weighted by molar-refractivity contribution is -0.314. The van der Waals surface area contributed by atoms with E-state index in [1.54, 1.807) is 0 Å². The minimum Gasteiger partial charge on any atom is -0.480 e. The van der Waals surface area contributed by atoms with Gasteiger partial charge >= 0.3 is 29.8 Å². The molecule has 19 atom stereocenters. The zero-order valence-electron chi connectivity index (χ0n) is 60.0. The Morgan fingerprint density at radius 2 is 0.629 bits per heavy atom. The number of carboxylic acid groups (broad SMARTS) is 5. The molecule has 30 N–H and O–H groups in total. The minimum atomic E-state index is -1.44. The first kappa shape index (κ1) is 97.8. The van der Waals surface area contributed by atoms with Crippen molar-refractivity contribution in [1.29, 1.82) is 0 Å². The van der Waals surface area contributed by atoms with Gasteiger partial charge in [-0.05, 0) is 44.9 Å². The molecule has 2 aliphatic heterocycles. The maximum atomic E-state index is 11.0. The van der Waals surface area contributed by atoms with Crippen molar-refractivity contribution in [3.8, 4) is 0 Å². The molecule has 0 amide bonds. The molecule has 0 aromatic rings. The standard InChI is InChI=1S/C18H37N5O9.5C10H21NO2/c19-3-9-8(25)2-7(22)17(29-9)31-15-5(20)1-6(21)16(14(15)28)32-18-13(27)11(23)12(26)10(4-24)30-18;5*1-2-3-4-5-6-7-8-9(11)10(12)13/h5-18,24-28H,1-4,19-23H2;5*9H,2-8,11H2,1H3,(H,12,13)/t5-,6+,7+,8-,9+,10+,11-,12+,13+,14-,15+,16-,17+,18+;;;;;/m0...../s1. The number of nitrogens with two attached hydrogens (primary N) is 10. The summed E-state index contributed by atoms with van der Waals surface area (Å²) < 4.78 is 22.7. The van der Waals surface area contributed by atoms with Crippen LogP contribution in [0.2, 0.25) is 0 Å². The minimum absolute atomic E-state index is 0.0542. The van der Waals surface area contributed by atoms with Crippen molar-refractivity contribution in [2.24, 2.45) is 57.3 Å². The molecule has 1 aliphatic carbocycles. The van der Waals surface area contributed by atoms with Gasteiger partial charge in [-0.3, -0.25) is 24.0 Å². The smallest absolute Gasteiger partial charge is 0.320 e. The molecule has 0 aromatic carbocycles. The van der Waals surface area contributed by atoms with Crippen molar-refractivity contribution in [1.82, 2.24) is 0 Å². The van der Waals surface area contributed by atoms with Crippen molar-refractivity contribution >= 4 is 29.8 Å². The van der Waals surface area contributed by atoms with Crippen LogP contribution in [0.5, 0.6) is 0 Å². The van der Waals surface area contributed by atoms with Gasteiger partial charge in [0, 0.05) is 18.6 Å². The van der Waals surface area contributed by atoms with E-state index in [0.29, 0.717) is 32.1 Å². The number of ether oxygens (including phenoxy) is 4. The highest BCUT2D eigenvalue weighted by molar-refractivity contribution is 5.74. The fraction of sp³-hybridized carbons (Fsp3) is 0.926. The lowest BCUT2D eigenvalue weighted by atomic mass is 9.84. The highest BCUT2D eigenvalue weighted by Crippen LogP contribution is 2.31. The first-order valence-electron chi connectivity index (χ1n) is 36.6. The van der Waals surface area contributed by atoms with E-state index >= 15 is 0 Å². The Balaban J connectivity index is -0.00000116. The van der Waals surface area contributed by atoms with Gasteiger partial charge in [-0.1, -0.05) is 227 Å². The Morgan fingerprint density at radius 3 is 0.887 bits per heavy atom. The number of aliphatic hydroxyl groups excluding tert-OH is 5. The van der Waals surface area contributed by atoms with E-state index < -0.39 is 152 Å². The third-order valence-electron chi connectivity index (χ3n) is 17.3. The summed E-state index contributed by atoms with van der Waals surface area (Å²) in [5, 5.41) is 93.2. The Hall–Kier alpha value is -3.41. The highest BCUT2D eigenvalue weighted by atomic mass is 16.7. The van der Waals surface area contributed by atoms with Crippen molar-refractivity contribution in [2.45, 2.75) is 388 Å². The number of carbonyl (C=O) groups is 5.